The van der Waals surface area contributed by atoms with Gasteiger partial charge >= 0.3 is 0 Å². The van der Waals surface area contributed by atoms with E-state index in [0.29, 0.717) is 6.04 Å². The van der Waals surface area contributed by atoms with Gasteiger partial charge in [0.25, 0.3) is 0 Å². The third-order valence-corrected chi connectivity index (χ3v) is 4.89. The summed E-state index contributed by atoms with van der Waals surface area (Å²) in [6.45, 7) is 6.91. The highest BCUT2D eigenvalue weighted by Crippen LogP contribution is 2.22. The first kappa shape index (κ1) is 16.0. The minimum atomic E-state index is 0.503. The fraction of sp³-hybridized carbons (Fsp3) is 0.421. The van der Waals surface area contributed by atoms with E-state index >= 15 is 0 Å². The zero-order valence-corrected chi connectivity index (χ0v) is 14.8. The predicted octanol–water partition coefficient (Wildman–Crippen LogP) is 2.95. The highest BCUT2D eigenvalue weighted by molar-refractivity contribution is 5.54. The van der Waals surface area contributed by atoms with Crippen molar-refractivity contribution in [3.05, 3.63) is 53.9 Å². The average Bonchev–Trinajstić information content (AvgIpc) is 3.32. The Balaban J connectivity index is 1.45. The zero-order valence-electron chi connectivity index (χ0n) is 14.8. The van der Waals surface area contributed by atoms with E-state index in [-0.39, 0.29) is 0 Å². The van der Waals surface area contributed by atoms with Crippen LogP contribution in [0.1, 0.15) is 30.2 Å². The molecule has 1 fully saturated rings. The number of nitrogens with one attached hydrogen (secondary N) is 1. The number of benzene rings is 1. The summed E-state index contributed by atoms with van der Waals surface area (Å²) in [4.78, 5) is 15.0. The predicted molar refractivity (Wildman–Crippen MR) is 97.0 cm³/mol. The number of aromatic amines is 1. The van der Waals surface area contributed by atoms with Gasteiger partial charge in [-0.15, -0.1) is 0 Å². The van der Waals surface area contributed by atoms with Crippen molar-refractivity contribution >= 4 is 0 Å². The third-order valence-electron chi connectivity index (χ3n) is 4.89. The highest BCUT2D eigenvalue weighted by atomic mass is 15.4. The lowest BCUT2D eigenvalue weighted by atomic mass is 10.2. The summed E-state index contributed by atoms with van der Waals surface area (Å²) in [5.41, 5.74) is 2.29. The summed E-state index contributed by atoms with van der Waals surface area (Å²) in [5.74, 6) is 2.79. The Hall–Kier alpha value is -2.47. The van der Waals surface area contributed by atoms with E-state index in [2.05, 4.69) is 37.1 Å². The molecule has 1 unspecified atom stereocenters. The van der Waals surface area contributed by atoms with E-state index in [9.17, 15) is 0 Å². The maximum Gasteiger partial charge on any atom is 0.147 e. The van der Waals surface area contributed by atoms with Crippen LogP contribution in [-0.4, -0.2) is 42.2 Å². The smallest absolute Gasteiger partial charge is 0.147 e. The Morgan fingerprint density at radius 2 is 2.04 bits per heavy atom. The van der Waals surface area contributed by atoms with Crippen molar-refractivity contribution in [3.63, 3.8) is 0 Å². The Bertz CT molecular complexity index is 835. The Morgan fingerprint density at radius 3 is 2.80 bits per heavy atom. The quantitative estimate of drug-likeness (QED) is 0.778. The molecular formula is C19H24N6. The van der Waals surface area contributed by atoms with Gasteiger partial charge in [0.2, 0.25) is 0 Å². The van der Waals surface area contributed by atoms with Crippen LogP contribution in [0.5, 0.6) is 0 Å². The fourth-order valence-electron chi connectivity index (χ4n) is 3.64. The number of aryl methyl sites for hydroxylation is 2. The maximum absolute atomic E-state index is 4.55. The Labute approximate surface area is 147 Å². The summed E-state index contributed by atoms with van der Waals surface area (Å²) < 4.78 is 2.04. The van der Waals surface area contributed by atoms with E-state index in [1.807, 2.05) is 42.9 Å². The monoisotopic (exact) mass is 336 g/mol. The van der Waals surface area contributed by atoms with Crippen LogP contribution in [-0.2, 0) is 13.1 Å². The van der Waals surface area contributed by atoms with Gasteiger partial charge in [0.15, 0.2) is 0 Å². The van der Waals surface area contributed by atoms with E-state index in [1.165, 1.54) is 12.8 Å². The van der Waals surface area contributed by atoms with Crippen LogP contribution in [0.25, 0.3) is 11.4 Å². The number of likely N-dealkylation sites (tertiary alicyclic amines) is 1. The summed E-state index contributed by atoms with van der Waals surface area (Å²) in [5, 5.41) is 4.52. The number of aromatic nitrogens is 5. The van der Waals surface area contributed by atoms with E-state index in [4.69, 9.17) is 0 Å². The Kier molecular flexibility index (Phi) is 4.36. The summed E-state index contributed by atoms with van der Waals surface area (Å²) >= 11 is 0. The molecule has 25 heavy (non-hydrogen) atoms. The normalized spacial score (nSPS) is 18.1. The first-order valence-corrected chi connectivity index (χ1v) is 8.90. The number of rotatable bonds is 5. The second-order valence-corrected chi connectivity index (χ2v) is 6.78. The van der Waals surface area contributed by atoms with Crippen molar-refractivity contribution in [2.75, 3.05) is 6.54 Å². The molecule has 3 heterocycles. The molecular weight excluding hydrogens is 312 g/mol. The molecule has 3 aromatic rings. The van der Waals surface area contributed by atoms with Crippen molar-refractivity contribution in [3.8, 4) is 11.4 Å². The third kappa shape index (κ3) is 3.49. The molecule has 6 nitrogen and oxygen atoms in total. The standard InChI is InChI=1S/C19H24N6/c1-14-21-15(2)25(23-14)13-18-9-6-10-24(18)12-17-11-20-19(22-17)16-7-4-3-5-8-16/h3-5,7-8,11,18H,6,9-10,12-13H2,1-2H3,(H,20,22). The van der Waals surface area contributed by atoms with Gasteiger partial charge in [-0.25, -0.2) is 14.6 Å². The number of imidazole rings is 1. The number of hydrogen-bond acceptors (Lipinski definition) is 4. The highest BCUT2D eigenvalue weighted by Gasteiger charge is 2.26. The minimum absolute atomic E-state index is 0.503. The number of nitrogens with zero attached hydrogens (tertiary/aromatic N) is 5. The van der Waals surface area contributed by atoms with Crippen molar-refractivity contribution in [2.45, 2.75) is 45.8 Å². The van der Waals surface area contributed by atoms with Crippen LogP contribution in [0.4, 0.5) is 0 Å². The summed E-state index contributed by atoms with van der Waals surface area (Å²) in [7, 11) is 0. The van der Waals surface area contributed by atoms with Crippen LogP contribution >= 0.6 is 0 Å². The van der Waals surface area contributed by atoms with Crippen LogP contribution in [0.15, 0.2) is 36.5 Å². The fourth-order valence-corrected chi connectivity index (χ4v) is 3.64. The lowest BCUT2D eigenvalue weighted by Gasteiger charge is -2.23. The molecule has 1 aliphatic heterocycles. The maximum atomic E-state index is 4.55. The first-order valence-electron chi connectivity index (χ1n) is 8.90. The van der Waals surface area contributed by atoms with Crippen LogP contribution in [0, 0.1) is 13.8 Å². The lowest BCUT2D eigenvalue weighted by Crippen LogP contribution is -2.33. The van der Waals surface area contributed by atoms with Crippen LogP contribution in [0.3, 0.4) is 0 Å². The molecule has 1 aromatic carbocycles. The SMILES string of the molecule is Cc1nc(C)n(CC2CCCN2Cc2cnc(-c3ccccc3)[nH]2)n1. The van der Waals surface area contributed by atoms with E-state index in [0.717, 1.165) is 48.4 Å². The molecule has 0 saturated carbocycles. The first-order chi connectivity index (χ1) is 12.2. The summed E-state index contributed by atoms with van der Waals surface area (Å²) in [6, 6.07) is 10.8. The minimum Gasteiger partial charge on any atom is -0.341 e. The molecule has 1 saturated heterocycles. The zero-order chi connectivity index (χ0) is 17.2. The topological polar surface area (TPSA) is 62.6 Å². The van der Waals surface area contributed by atoms with Gasteiger partial charge in [0.05, 0.1) is 6.54 Å². The molecule has 130 valence electrons. The van der Waals surface area contributed by atoms with Crippen molar-refractivity contribution in [1.82, 2.24) is 29.6 Å². The molecule has 4 rings (SSSR count). The van der Waals surface area contributed by atoms with E-state index in [1.54, 1.807) is 0 Å². The largest absolute Gasteiger partial charge is 0.341 e. The van der Waals surface area contributed by atoms with Crippen molar-refractivity contribution in [2.24, 2.45) is 0 Å². The molecule has 1 N–H and O–H groups in total. The second-order valence-electron chi connectivity index (χ2n) is 6.78. The van der Waals surface area contributed by atoms with Crippen molar-refractivity contribution in [1.29, 1.82) is 0 Å². The van der Waals surface area contributed by atoms with Gasteiger partial charge < -0.3 is 4.98 Å². The van der Waals surface area contributed by atoms with Gasteiger partial charge in [-0.3, -0.25) is 4.90 Å². The molecule has 0 amide bonds. The number of H-pyrrole nitrogens is 1. The molecule has 1 atom stereocenters. The summed E-state index contributed by atoms with van der Waals surface area (Å²) in [6.07, 6.45) is 4.40. The van der Waals surface area contributed by atoms with Crippen LogP contribution < -0.4 is 0 Å². The molecule has 0 aliphatic carbocycles. The van der Waals surface area contributed by atoms with Crippen molar-refractivity contribution < 1.29 is 0 Å². The van der Waals surface area contributed by atoms with Gasteiger partial charge in [-0.1, -0.05) is 30.3 Å². The molecule has 0 bridgehead atoms. The molecule has 1 aliphatic rings. The Morgan fingerprint density at radius 1 is 1.20 bits per heavy atom. The van der Waals surface area contributed by atoms with Gasteiger partial charge in [0.1, 0.15) is 17.5 Å². The molecule has 0 radical (unpaired) electrons. The van der Waals surface area contributed by atoms with Gasteiger partial charge in [0, 0.05) is 30.0 Å². The van der Waals surface area contributed by atoms with Gasteiger partial charge in [-0.05, 0) is 33.2 Å². The van der Waals surface area contributed by atoms with E-state index < -0.39 is 0 Å². The molecule has 6 heteroatoms. The van der Waals surface area contributed by atoms with Crippen LogP contribution in [0.2, 0.25) is 0 Å². The lowest BCUT2D eigenvalue weighted by molar-refractivity contribution is 0.216. The number of hydrogen-bond donors (Lipinski definition) is 1. The average molecular weight is 336 g/mol. The second kappa shape index (κ2) is 6.80. The molecule has 0 spiro atoms. The molecule has 2 aromatic heterocycles. The van der Waals surface area contributed by atoms with Gasteiger partial charge in [-0.2, -0.15) is 5.10 Å².